The summed E-state index contributed by atoms with van der Waals surface area (Å²) in [6.45, 7) is 4.71. The second kappa shape index (κ2) is 3.63. The molecule has 2 saturated carbocycles. The number of hydrogen-bond acceptors (Lipinski definition) is 0. The minimum absolute atomic E-state index is 0.711. The van der Waals surface area contributed by atoms with Crippen LogP contribution in [0.4, 0.5) is 0 Å². The van der Waals surface area contributed by atoms with Crippen molar-refractivity contribution in [3.8, 4) is 0 Å². The molecule has 2 rings (SSSR count). The Hall–Kier alpha value is 0. The fourth-order valence-electron chi connectivity index (χ4n) is 2.52. The third kappa shape index (κ3) is 2.27. The Kier molecular flexibility index (Phi) is 2.67. The van der Waals surface area contributed by atoms with Crippen LogP contribution in [-0.2, 0) is 0 Å². The molecular weight excluding hydrogens is 156 g/mol. The Labute approximate surface area is 83.1 Å². The molecule has 1 atom stereocenters. The molecule has 0 saturated heterocycles. The van der Waals surface area contributed by atoms with Crippen LogP contribution in [0.5, 0.6) is 0 Å². The standard InChI is InChI=1S/C13H23/c1-3-11(12-5-6-12)7-8-13(4-2)9-10-13/h8,11-12H,3-7,9-10H2,1-2H3. The summed E-state index contributed by atoms with van der Waals surface area (Å²) in [6, 6.07) is 0. The molecule has 0 bridgehead atoms. The molecular formula is C13H23. The zero-order chi connectivity index (χ0) is 9.31. The van der Waals surface area contributed by atoms with Gasteiger partial charge in [-0.15, -0.1) is 0 Å². The van der Waals surface area contributed by atoms with Crippen LogP contribution in [0.3, 0.4) is 0 Å². The quantitative estimate of drug-likeness (QED) is 0.573. The van der Waals surface area contributed by atoms with Gasteiger partial charge in [-0.2, -0.15) is 0 Å². The van der Waals surface area contributed by atoms with E-state index in [1.807, 2.05) is 0 Å². The van der Waals surface area contributed by atoms with Crippen molar-refractivity contribution in [2.24, 2.45) is 17.3 Å². The second-order valence-corrected chi connectivity index (χ2v) is 5.16. The van der Waals surface area contributed by atoms with Gasteiger partial charge >= 0.3 is 0 Å². The topological polar surface area (TPSA) is 0 Å². The van der Waals surface area contributed by atoms with E-state index in [9.17, 15) is 0 Å². The molecule has 0 spiro atoms. The predicted octanol–water partition coefficient (Wildman–Crippen LogP) is 4.21. The van der Waals surface area contributed by atoms with Gasteiger partial charge in [-0.3, -0.25) is 0 Å². The summed E-state index contributed by atoms with van der Waals surface area (Å²) in [5.74, 6) is 2.14. The molecule has 0 aromatic rings. The first-order chi connectivity index (χ1) is 6.29. The molecule has 1 unspecified atom stereocenters. The highest BCUT2D eigenvalue weighted by Gasteiger charge is 2.41. The molecule has 2 fully saturated rings. The molecule has 0 amide bonds. The van der Waals surface area contributed by atoms with Gasteiger partial charge < -0.3 is 0 Å². The molecule has 1 radical (unpaired) electrons. The van der Waals surface area contributed by atoms with Crippen molar-refractivity contribution in [3.63, 3.8) is 0 Å². The lowest BCUT2D eigenvalue weighted by Gasteiger charge is -2.17. The monoisotopic (exact) mass is 179 g/mol. The van der Waals surface area contributed by atoms with Gasteiger partial charge in [-0.1, -0.05) is 26.7 Å². The highest BCUT2D eigenvalue weighted by molar-refractivity contribution is 5.03. The third-order valence-electron chi connectivity index (χ3n) is 4.26. The third-order valence-corrected chi connectivity index (χ3v) is 4.26. The summed E-state index contributed by atoms with van der Waals surface area (Å²) in [5, 5.41) is 0. The first kappa shape index (κ1) is 9.55. The molecule has 75 valence electrons. The average Bonchev–Trinajstić information content (AvgIpc) is 3.01. The van der Waals surface area contributed by atoms with Gasteiger partial charge in [0.1, 0.15) is 0 Å². The molecule has 0 aliphatic heterocycles. The number of hydrogen-bond donors (Lipinski definition) is 0. The van der Waals surface area contributed by atoms with Crippen molar-refractivity contribution in [2.45, 2.75) is 58.8 Å². The lowest BCUT2D eigenvalue weighted by Crippen LogP contribution is -2.07. The molecule has 2 aliphatic rings. The molecule has 13 heavy (non-hydrogen) atoms. The van der Waals surface area contributed by atoms with Crippen LogP contribution in [-0.4, -0.2) is 0 Å². The van der Waals surface area contributed by atoms with Crippen LogP contribution in [0.25, 0.3) is 0 Å². The minimum Gasteiger partial charge on any atom is -0.0651 e. The zero-order valence-electron chi connectivity index (χ0n) is 9.18. The van der Waals surface area contributed by atoms with Gasteiger partial charge in [0.05, 0.1) is 0 Å². The molecule has 0 heteroatoms. The normalized spacial score (nSPS) is 27.2. The van der Waals surface area contributed by atoms with Crippen LogP contribution in [0.2, 0.25) is 0 Å². The fourth-order valence-corrected chi connectivity index (χ4v) is 2.52. The Morgan fingerprint density at radius 1 is 1.31 bits per heavy atom. The summed E-state index contributed by atoms with van der Waals surface area (Å²) in [4.78, 5) is 0. The summed E-state index contributed by atoms with van der Waals surface area (Å²) in [5.41, 5.74) is 0.711. The van der Waals surface area contributed by atoms with Crippen molar-refractivity contribution in [1.82, 2.24) is 0 Å². The van der Waals surface area contributed by atoms with Crippen molar-refractivity contribution >= 4 is 0 Å². The second-order valence-electron chi connectivity index (χ2n) is 5.16. The van der Waals surface area contributed by atoms with E-state index in [4.69, 9.17) is 0 Å². The van der Waals surface area contributed by atoms with E-state index >= 15 is 0 Å². The van der Waals surface area contributed by atoms with Crippen LogP contribution in [0, 0.1) is 23.7 Å². The average molecular weight is 179 g/mol. The lowest BCUT2D eigenvalue weighted by molar-refractivity contribution is 0.405. The molecule has 0 N–H and O–H groups in total. The van der Waals surface area contributed by atoms with Crippen LogP contribution < -0.4 is 0 Å². The first-order valence-corrected chi connectivity index (χ1v) is 6.14. The highest BCUT2D eigenvalue weighted by atomic mass is 14.5. The van der Waals surface area contributed by atoms with Gasteiger partial charge in [0, 0.05) is 0 Å². The fraction of sp³-hybridized carbons (Fsp3) is 0.923. The maximum atomic E-state index is 2.67. The predicted molar refractivity (Wildman–Crippen MR) is 57.4 cm³/mol. The van der Waals surface area contributed by atoms with E-state index in [1.54, 1.807) is 0 Å². The molecule has 0 aromatic carbocycles. The molecule has 0 nitrogen and oxygen atoms in total. The Morgan fingerprint density at radius 2 is 2.00 bits per heavy atom. The minimum atomic E-state index is 0.711. The van der Waals surface area contributed by atoms with E-state index in [1.165, 1.54) is 44.9 Å². The van der Waals surface area contributed by atoms with Crippen LogP contribution >= 0.6 is 0 Å². The van der Waals surface area contributed by atoms with Crippen molar-refractivity contribution < 1.29 is 0 Å². The van der Waals surface area contributed by atoms with Gasteiger partial charge in [-0.05, 0) is 55.8 Å². The summed E-state index contributed by atoms with van der Waals surface area (Å²) in [6.07, 6.45) is 12.9. The van der Waals surface area contributed by atoms with Crippen molar-refractivity contribution in [2.75, 3.05) is 0 Å². The molecule has 2 aliphatic carbocycles. The number of rotatable bonds is 6. The Bertz CT molecular complexity index is 163. The van der Waals surface area contributed by atoms with Crippen LogP contribution in [0.15, 0.2) is 0 Å². The van der Waals surface area contributed by atoms with Crippen molar-refractivity contribution in [3.05, 3.63) is 6.42 Å². The smallest absolute Gasteiger partial charge is 0.0268 e. The van der Waals surface area contributed by atoms with E-state index in [0.717, 1.165) is 11.8 Å². The summed E-state index contributed by atoms with van der Waals surface area (Å²) >= 11 is 0. The summed E-state index contributed by atoms with van der Waals surface area (Å²) < 4.78 is 0. The van der Waals surface area contributed by atoms with E-state index in [0.29, 0.717) is 5.41 Å². The molecule has 0 heterocycles. The Morgan fingerprint density at radius 3 is 2.38 bits per heavy atom. The maximum absolute atomic E-state index is 2.67. The highest BCUT2D eigenvalue weighted by Crippen LogP contribution is 2.53. The van der Waals surface area contributed by atoms with E-state index in [2.05, 4.69) is 20.3 Å². The largest absolute Gasteiger partial charge is 0.0651 e. The lowest BCUT2D eigenvalue weighted by atomic mass is 9.88. The zero-order valence-corrected chi connectivity index (χ0v) is 9.18. The SMILES string of the molecule is CCC(C[CH]C1(CC)CC1)C1CC1. The van der Waals surface area contributed by atoms with Gasteiger partial charge in [0.2, 0.25) is 0 Å². The van der Waals surface area contributed by atoms with Gasteiger partial charge in [-0.25, -0.2) is 0 Å². The van der Waals surface area contributed by atoms with E-state index in [-0.39, 0.29) is 0 Å². The first-order valence-electron chi connectivity index (χ1n) is 6.14. The van der Waals surface area contributed by atoms with Crippen LogP contribution in [0.1, 0.15) is 58.8 Å². The Balaban J connectivity index is 1.70. The van der Waals surface area contributed by atoms with E-state index < -0.39 is 0 Å². The van der Waals surface area contributed by atoms with Crippen molar-refractivity contribution in [1.29, 1.82) is 0 Å². The van der Waals surface area contributed by atoms with Gasteiger partial charge in [0.15, 0.2) is 0 Å². The maximum Gasteiger partial charge on any atom is -0.0268 e. The summed E-state index contributed by atoms with van der Waals surface area (Å²) in [7, 11) is 0. The van der Waals surface area contributed by atoms with Gasteiger partial charge in [0.25, 0.3) is 0 Å². The molecule has 0 aromatic heterocycles.